The zero-order chi connectivity index (χ0) is 39.7. The number of aliphatic imine (C=N–C) groups is 1. The number of ether oxygens (including phenoxy) is 4. The Balaban J connectivity index is 1.43. The molecule has 2 aromatic heterocycles. The Hall–Kier alpha value is -5.60. The zero-order valence-corrected chi connectivity index (χ0v) is 33.0. The molecule has 1 aliphatic rings. The van der Waals surface area contributed by atoms with E-state index >= 15 is 0 Å². The molecule has 0 radical (unpaired) electrons. The molecule has 0 aliphatic carbocycles. The van der Waals surface area contributed by atoms with Gasteiger partial charge in [0.2, 0.25) is 5.95 Å². The highest BCUT2D eigenvalue weighted by atomic mass is 31.2. The van der Waals surface area contributed by atoms with Gasteiger partial charge in [0.1, 0.15) is 28.6 Å². The molecule has 4 atom stereocenters. The van der Waals surface area contributed by atoms with Crippen molar-refractivity contribution in [1.82, 2.24) is 24.6 Å². The van der Waals surface area contributed by atoms with Crippen LogP contribution < -0.4 is 15.0 Å². The number of benzene rings is 3. The molecule has 1 saturated heterocycles. The molecule has 0 saturated carbocycles. The lowest BCUT2D eigenvalue weighted by Crippen LogP contribution is -2.38. The monoisotopic (exact) mass is 777 g/mol. The number of rotatable bonds is 16. The number of aromatic nitrogens is 4. The van der Waals surface area contributed by atoms with E-state index in [1.54, 1.807) is 37.1 Å². The first kappa shape index (κ1) is 40.1. The van der Waals surface area contributed by atoms with Gasteiger partial charge >= 0.3 is 0 Å². The third-order valence-electron chi connectivity index (χ3n) is 9.07. The highest BCUT2D eigenvalue weighted by Gasteiger charge is 2.44. The number of fused-ring (bicyclic) bond motifs is 1. The fraction of sp³-hybridized carbons (Fsp3) is 0.341. The molecule has 3 heterocycles. The minimum atomic E-state index is -1.42. The van der Waals surface area contributed by atoms with Gasteiger partial charge in [0.25, 0.3) is 5.56 Å². The SMILES string of the molecule is CC#Cc1nn([C@H]2C[C@@H](OP(C)OCCC#N)[C@@H](COC(c3ccccc3)(c3ccc(OC)cc3)c3ccc(OC)cc3)O2)c2nc(N=CN(C)C)[nH]c(=O)c12. The Bertz CT molecular complexity index is 2230. The number of methoxy groups -OCH3 is 2. The Morgan fingerprint density at radius 3 is 2.27 bits per heavy atom. The van der Waals surface area contributed by atoms with Crippen LogP contribution in [0.5, 0.6) is 11.5 Å². The van der Waals surface area contributed by atoms with Gasteiger partial charge in [-0.05, 0) is 53.8 Å². The quantitative estimate of drug-likeness (QED) is 0.0300. The molecule has 1 aliphatic heterocycles. The van der Waals surface area contributed by atoms with Crippen LogP contribution in [0.3, 0.4) is 0 Å². The van der Waals surface area contributed by atoms with Crippen molar-refractivity contribution < 1.29 is 28.0 Å². The molecule has 3 aromatic carbocycles. The fourth-order valence-corrected chi connectivity index (χ4v) is 7.52. The Morgan fingerprint density at radius 1 is 1.04 bits per heavy atom. The second-order valence-electron chi connectivity index (χ2n) is 13.0. The molecule has 1 N–H and O–H groups in total. The summed E-state index contributed by atoms with van der Waals surface area (Å²) in [4.78, 5) is 26.9. The molecule has 0 amide bonds. The summed E-state index contributed by atoms with van der Waals surface area (Å²) in [5.41, 5.74) is 1.58. The molecule has 290 valence electrons. The standard InChI is InChI=1S/C41H44N7O7P/c1-7-12-33-37-38(44-40(45-39(37)49)43-27-47(2)3)48(46-33)36-25-34(55-56(6)53-24-11-23-42)35(54-36)26-52-41(28-13-9-8-10-14-28,29-15-19-31(50-4)20-16-29)30-17-21-32(51-5)22-18-30/h8-10,13-22,27,34-36H,11,24-26H2,1-6H3,(H,44,45,49)/t34-,35-,36-,56?/m1/s1. The Morgan fingerprint density at radius 2 is 1.68 bits per heavy atom. The van der Waals surface area contributed by atoms with E-state index in [-0.39, 0.29) is 42.3 Å². The van der Waals surface area contributed by atoms with Gasteiger partial charge in [0, 0.05) is 27.2 Å². The Labute approximate surface area is 326 Å². The number of hydrogen-bond acceptors (Lipinski definition) is 11. The van der Waals surface area contributed by atoms with Crippen LogP contribution in [0.25, 0.3) is 11.0 Å². The fourth-order valence-electron chi connectivity index (χ4n) is 6.50. The molecule has 15 heteroatoms. The molecule has 14 nitrogen and oxygen atoms in total. The van der Waals surface area contributed by atoms with Gasteiger partial charge in [-0.1, -0.05) is 60.5 Å². The van der Waals surface area contributed by atoms with E-state index in [0.717, 1.165) is 16.7 Å². The van der Waals surface area contributed by atoms with Crippen molar-refractivity contribution in [2.75, 3.05) is 48.2 Å². The van der Waals surface area contributed by atoms with Gasteiger partial charge in [0.05, 0.1) is 52.4 Å². The predicted molar refractivity (Wildman–Crippen MR) is 213 cm³/mol. The van der Waals surface area contributed by atoms with Crippen LogP contribution in [0.4, 0.5) is 5.95 Å². The summed E-state index contributed by atoms with van der Waals surface area (Å²) in [5.74, 6) is 7.30. The predicted octanol–water partition coefficient (Wildman–Crippen LogP) is 6.28. The summed E-state index contributed by atoms with van der Waals surface area (Å²) >= 11 is 0. The summed E-state index contributed by atoms with van der Waals surface area (Å²) in [6.07, 6.45) is 0.144. The van der Waals surface area contributed by atoms with Crippen molar-refractivity contribution in [3.63, 3.8) is 0 Å². The average Bonchev–Trinajstić information content (AvgIpc) is 3.79. The lowest BCUT2D eigenvalue weighted by molar-refractivity contribution is -0.0922. The van der Waals surface area contributed by atoms with Crippen molar-refractivity contribution in [3.8, 4) is 29.4 Å². The van der Waals surface area contributed by atoms with E-state index in [0.29, 0.717) is 17.9 Å². The first-order valence-electron chi connectivity index (χ1n) is 17.9. The number of H-pyrrole nitrogens is 1. The number of hydrogen-bond donors (Lipinski definition) is 1. The molecule has 0 spiro atoms. The van der Waals surface area contributed by atoms with Gasteiger partial charge in [-0.25, -0.2) is 9.67 Å². The molecule has 1 fully saturated rings. The Kier molecular flexibility index (Phi) is 13.1. The topological polar surface area (TPSA) is 158 Å². The maximum Gasteiger partial charge on any atom is 0.264 e. The van der Waals surface area contributed by atoms with Gasteiger partial charge < -0.3 is 32.9 Å². The lowest BCUT2D eigenvalue weighted by Gasteiger charge is -2.37. The minimum absolute atomic E-state index is 0.0582. The van der Waals surface area contributed by atoms with E-state index in [9.17, 15) is 4.79 Å². The molecule has 0 bridgehead atoms. The zero-order valence-electron chi connectivity index (χ0n) is 32.1. The molecule has 6 rings (SSSR count). The third kappa shape index (κ3) is 8.76. The second kappa shape index (κ2) is 18.4. The van der Waals surface area contributed by atoms with Gasteiger partial charge in [-0.15, -0.1) is 0 Å². The van der Waals surface area contributed by atoms with Crippen LogP contribution >= 0.6 is 8.38 Å². The highest BCUT2D eigenvalue weighted by Crippen LogP contribution is 2.45. The van der Waals surface area contributed by atoms with Crippen molar-refractivity contribution in [1.29, 1.82) is 5.26 Å². The largest absolute Gasteiger partial charge is 0.497 e. The third-order valence-corrected chi connectivity index (χ3v) is 10.2. The van der Waals surface area contributed by atoms with Gasteiger partial charge in [-0.3, -0.25) is 9.78 Å². The van der Waals surface area contributed by atoms with Crippen molar-refractivity contribution in [2.24, 2.45) is 4.99 Å². The number of nitrogens with zero attached hydrogens (tertiary/aromatic N) is 6. The van der Waals surface area contributed by atoms with Gasteiger partial charge in [-0.2, -0.15) is 15.3 Å². The van der Waals surface area contributed by atoms with Crippen LogP contribution in [-0.2, 0) is 24.1 Å². The van der Waals surface area contributed by atoms with Crippen LogP contribution in [-0.4, -0.2) is 91.4 Å². The van der Waals surface area contributed by atoms with E-state index in [1.807, 2.05) is 99.6 Å². The molecule has 1 unspecified atom stereocenters. The summed E-state index contributed by atoms with van der Waals surface area (Å²) in [6.45, 7) is 3.80. The van der Waals surface area contributed by atoms with Crippen molar-refractivity contribution in [3.05, 3.63) is 112 Å². The first-order chi connectivity index (χ1) is 27.2. The summed E-state index contributed by atoms with van der Waals surface area (Å²) in [5, 5.41) is 14.1. The van der Waals surface area contributed by atoms with Gasteiger partial charge in [0.15, 0.2) is 25.9 Å². The van der Waals surface area contributed by atoms with Crippen LogP contribution in [0.2, 0.25) is 0 Å². The number of aromatic amines is 1. The average molecular weight is 778 g/mol. The maximum atomic E-state index is 13.4. The van der Waals surface area contributed by atoms with E-state index in [2.05, 4.69) is 32.9 Å². The smallest absolute Gasteiger partial charge is 0.264 e. The van der Waals surface area contributed by atoms with Crippen LogP contribution in [0, 0.1) is 23.2 Å². The normalized spacial score (nSPS) is 17.3. The maximum absolute atomic E-state index is 13.4. The first-order valence-corrected chi connectivity index (χ1v) is 19.5. The van der Waals surface area contributed by atoms with E-state index in [4.69, 9.17) is 38.4 Å². The summed E-state index contributed by atoms with van der Waals surface area (Å²) in [6, 6.07) is 27.6. The van der Waals surface area contributed by atoms with Crippen LogP contribution in [0.15, 0.2) is 88.6 Å². The second-order valence-corrected chi connectivity index (χ2v) is 14.3. The minimum Gasteiger partial charge on any atom is -0.497 e. The van der Waals surface area contributed by atoms with Crippen molar-refractivity contribution >= 4 is 31.7 Å². The highest BCUT2D eigenvalue weighted by molar-refractivity contribution is 7.46. The molecule has 56 heavy (non-hydrogen) atoms. The van der Waals surface area contributed by atoms with Crippen molar-refractivity contribution in [2.45, 2.75) is 43.8 Å². The van der Waals surface area contributed by atoms with E-state index < -0.39 is 38.0 Å². The molecular formula is C41H44N7O7P. The molecule has 5 aromatic rings. The number of nitrogens with one attached hydrogen (secondary N) is 1. The lowest BCUT2D eigenvalue weighted by atomic mass is 9.80. The summed E-state index contributed by atoms with van der Waals surface area (Å²) < 4.78 is 39.1. The summed E-state index contributed by atoms with van der Waals surface area (Å²) in [7, 11) is 5.47. The van der Waals surface area contributed by atoms with E-state index in [1.165, 1.54) is 0 Å². The molecular weight excluding hydrogens is 733 g/mol. The number of nitriles is 1. The van der Waals surface area contributed by atoms with Crippen LogP contribution in [0.1, 0.15) is 48.4 Å².